The average Bonchev–Trinajstić information content (AvgIpc) is 3.27. The van der Waals surface area contributed by atoms with Gasteiger partial charge in [0.2, 0.25) is 0 Å². The fraction of sp³-hybridized carbons (Fsp3) is 0.938. The molecule has 0 aromatic heterocycles. The maximum Gasteiger partial charge on any atom is 0.326 e. The van der Waals surface area contributed by atoms with Gasteiger partial charge in [-0.1, -0.05) is 13.3 Å². The van der Waals surface area contributed by atoms with Gasteiger partial charge in [-0.05, 0) is 66.1 Å². The molecule has 118 valence electrons. The number of hydrogen-bond acceptors (Lipinski definition) is 4. The molecule has 1 unspecified atom stereocenters. The van der Waals surface area contributed by atoms with Gasteiger partial charge >= 0.3 is 5.97 Å². The first-order chi connectivity index (χ1) is 9.57. The number of esters is 1. The first-order valence-electron chi connectivity index (χ1n) is 8.17. The summed E-state index contributed by atoms with van der Waals surface area (Å²) < 4.78 is 5.17. The molecule has 1 atom stereocenters. The zero-order valence-corrected chi connectivity index (χ0v) is 13.7. The van der Waals surface area contributed by atoms with E-state index in [4.69, 9.17) is 4.74 Å². The van der Waals surface area contributed by atoms with Crippen molar-refractivity contribution in [2.75, 3.05) is 26.7 Å². The lowest BCUT2D eigenvalue weighted by atomic mass is 9.96. The zero-order chi connectivity index (χ0) is 15.0. The minimum atomic E-state index is -0.546. The van der Waals surface area contributed by atoms with Crippen LogP contribution >= 0.6 is 0 Å². The van der Waals surface area contributed by atoms with Crippen molar-refractivity contribution < 1.29 is 9.53 Å². The summed E-state index contributed by atoms with van der Waals surface area (Å²) in [5, 5.41) is 3.13. The van der Waals surface area contributed by atoms with Crippen molar-refractivity contribution in [3.63, 3.8) is 0 Å². The lowest BCUT2D eigenvalue weighted by Crippen LogP contribution is -2.49. The van der Waals surface area contributed by atoms with Gasteiger partial charge in [0, 0.05) is 6.04 Å². The number of hydrogen-bond donors (Lipinski definition) is 1. The molecule has 1 fully saturated rings. The highest BCUT2D eigenvalue weighted by atomic mass is 16.5. The largest absolute Gasteiger partial charge is 0.465 e. The molecule has 20 heavy (non-hydrogen) atoms. The second-order valence-electron chi connectivity index (χ2n) is 6.03. The van der Waals surface area contributed by atoms with Gasteiger partial charge in [0.25, 0.3) is 0 Å². The Morgan fingerprint density at radius 3 is 2.45 bits per heavy atom. The summed E-state index contributed by atoms with van der Waals surface area (Å²) in [4.78, 5) is 14.6. The Morgan fingerprint density at radius 1 is 1.30 bits per heavy atom. The minimum absolute atomic E-state index is 0.131. The van der Waals surface area contributed by atoms with Crippen LogP contribution in [0.1, 0.15) is 59.3 Å². The van der Waals surface area contributed by atoms with E-state index in [2.05, 4.69) is 17.1 Å². The van der Waals surface area contributed by atoms with Gasteiger partial charge in [0.05, 0.1) is 6.61 Å². The molecule has 0 radical (unpaired) electrons. The quantitative estimate of drug-likeness (QED) is 0.592. The number of unbranched alkanes of at least 4 members (excludes halogenated alkanes) is 1. The predicted octanol–water partition coefficient (Wildman–Crippen LogP) is 2.57. The lowest BCUT2D eigenvalue weighted by molar-refractivity contribution is -0.150. The smallest absolute Gasteiger partial charge is 0.326 e. The van der Waals surface area contributed by atoms with E-state index in [-0.39, 0.29) is 5.97 Å². The molecule has 0 aliphatic heterocycles. The van der Waals surface area contributed by atoms with E-state index in [0.717, 1.165) is 25.4 Å². The van der Waals surface area contributed by atoms with Crippen molar-refractivity contribution in [1.82, 2.24) is 10.2 Å². The van der Waals surface area contributed by atoms with Crippen LogP contribution in [-0.2, 0) is 9.53 Å². The molecule has 0 spiro atoms. The second-order valence-corrected chi connectivity index (χ2v) is 6.03. The van der Waals surface area contributed by atoms with Gasteiger partial charge in [0.1, 0.15) is 5.54 Å². The van der Waals surface area contributed by atoms with Crippen molar-refractivity contribution >= 4 is 5.97 Å². The number of likely N-dealkylation sites (N-methyl/N-ethyl adjacent to an activating group) is 1. The number of carbonyl (C=O) groups is 1. The molecule has 1 aliphatic carbocycles. The summed E-state index contributed by atoms with van der Waals surface area (Å²) in [6.07, 6.45) is 7.10. The van der Waals surface area contributed by atoms with Crippen molar-refractivity contribution in [3.05, 3.63) is 0 Å². The third kappa shape index (κ3) is 5.41. The SMILES string of the molecule is CCCCN(CCCC(C)(NC)C(=O)OCC)C1CC1. The first-order valence-corrected chi connectivity index (χ1v) is 8.17. The fourth-order valence-corrected chi connectivity index (χ4v) is 2.53. The number of carbonyl (C=O) groups excluding carboxylic acids is 1. The second kappa shape index (κ2) is 8.63. The number of rotatable bonds is 11. The highest BCUT2D eigenvalue weighted by Crippen LogP contribution is 2.28. The van der Waals surface area contributed by atoms with Crippen molar-refractivity contribution in [2.24, 2.45) is 0 Å². The maximum atomic E-state index is 12.0. The van der Waals surface area contributed by atoms with Gasteiger partial charge in [-0.3, -0.25) is 4.79 Å². The van der Waals surface area contributed by atoms with Gasteiger partial charge in [-0.15, -0.1) is 0 Å². The van der Waals surface area contributed by atoms with Crippen molar-refractivity contribution in [1.29, 1.82) is 0 Å². The highest BCUT2D eigenvalue weighted by molar-refractivity contribution is 5.80. The standard InChI is InChI=1S/C16H32N2O2/c1-5-7-12-18(14-9-10-14)13-8-11-16(3,17-4)15(19)20-6-2/h14,17H,5-13H2,1-4H3. The van der Waals surface area contributed by atoms with Crippen molar-refractivity contribution in [3.8, 4) is 0 Å². The summed E-state index contributed by atoms with van der Waals surface area (Å²) in [7, 11) is 1.84. The fourth-order valence-electron chi connectivity index (χ4n) is 2.53. The van der Waals surface area contributed by atoms with E-state index < -0.39 is 5.54 Å². The van der Waals surface area contributed by atoms with Crippen LogP contribution < -0.4 is 5.32 Å². The number of ether oxygens (including phenoxy) is 1. The lowest BCUT2D eigenvalue weighted by Gasteiger charge is -2.28. The number of nitrogens with zero attached hydrogens (tertiary/aromatic N) is 1. The molecule has 0 aromatic carbocycles. The monoisotopic (exact) mass is 284 g/mol. The molecule has 1 rings (SSSR count). The third-order valence-electron chi connectivity index (χ3n) is 4.26. The molecule has 0 bridgehead atoms. The van der Waals surface area contributed by atoms with E-state index in [9.17, 15) is 4.79 Å². The van der Waals surface area contributed by atoms with E-state index in [1.807, 2.05) is 20.9 Å². The Morgan fingerprint density at radius 2 is 1.95 bits per heavy atom. The van der Waals surface area contributed by atoms with E-state index in [0.29, 0.717) is 6.61 Å². The van der Waals surface area contributed by atoms with Crippen LogP contribution in [0, 0.1) is 0 Å². The molecular weight excluding hydrogens is 252 g/mol. The molecule has 0 heterocycles. The van der Waals surface area contributed by atoms with E-state index >= 15 is 0 Å². The van der Waals surface area contributed by atoms with Crippen LogP contribution in [0.2, 0.25) is 0 Å². The van der Waals surface area contributed by atoms with Crippen LogP contribution in [0.4, 0.5) is 0 Å². The number of nitrogens with one attached hydrogen (secondary N) is 1. The summed E-state index contributed by atoms with van der Waals surface area (Å²) in [5.41, 5.74) is -0.546. The topological polar surface area (TPSA) is 41.6 Å². The summed E-state index contributed by atoms with van der Waals surface area (Å²) >= 11 is 0. The maximum absolute atomic E-state index is 12.0. The van der Waals surface area contributed by atoms with Crippen LogP contribution in [-0.4, -0.2) is 49.2 Å². The normalized spacial score (nSPS) is 18.1. The molecule has 1 aliphatic rings. The zero-order valence-electron chi connectivity index (χ0n) is 13.7. The van der Waals surface area contributed by atoms with E-state index in [1.54, 1.807) is 0 Å². The minimum Gasteiger partial charge on any atom is -0.465 e. The summed E-state index contributed by atoms with van der Waals surface area (Å²) in [5.74, 6) is -0.131. The summed E-state index contributed by atoms with van der Waals surface area (Å²) in [6.45, 7) is 8.79. The Bertz CT molecular complexity index is 292. The molecule has 0 saturated heterocycles. The average molecular weight is 284 g/mol. The Hall–Kier alpha value is -0.610. The molecule has 0 aromatic rings. The Labute approximate surface area is 124 Å². The molecule has 1 N–H and O–H groups in total. The van der Waals surface area contributed by atoms with E-state index in [1.165, 1.54) is 32.2 Å². The van der Waals surface area contributed by atoms with Gasteiger partial charge in [-0.2, -0.15) is 0 Å². The van der Waals surface area contributed by atoms with Crippen molar-refractivity contribution in [2.45, 2.75) is 70.9 Å². The van der Waals surface area contributed by atoms with Crippen LogP contribution in [0.15, 0.2) is 0 Å². The molecule has 4 heteroatoms. The van der Waals surface area contributed by atoms with Crippen LogP contribution in [0.5, 0.6) is 0 Å². The highest BCUT2D eigenvalue weighted by Gasteiger charge is 2.33. The third-order valence-corrected chi connectivity index (χ3v) is 4.26. The van der Waals surface area contributed by atoms with Gasteiger partial charge in [-0.25, -0.2) is 0 Å². The molecular formula is C16H32N2O2. The predicted molar refractivity (Wildman–Crippen MR) is 82.8 cm³/mol. The first kappa shape index (κ1) is 17.4. The Kier molecular flexibility index (Phi) is 7.52. The molecule has 0 amide bonds. The Balaban J connectivity index is 2.36. The summed E-state index contributed by atoms with van der Waals surface area (Å²) in [6, 6.07) is 0.810. The van der Waals surface area contributed by atoms with Crippen LogP contribution in [0.25, 0.3) is 0 Å². The van der Waals surface area contributed by atoms with Gasteiger partial charge in [0.15, 0.2) is 0 Å². The van der Waals surface area contributed by atoms with Gasteiger partial charge < -0.3 is 15.0 Å². The molecule has 4 nitrogen and oxygen atoms in total. The van der Waals surface area contributed by atoms with Crippen LogP contribution in [0.3, 0.4) is 0 Å². The molecule has 1 saturated carbocycles.